The van der Waals surface area contributed by atoms with Gasteiger partial charge in [-0.15, -0.1) is 11.3 Å². The second-order valence-electron chi connectivity index (χ2n) is 3.64. The molecule has 0 saturated carbocycles. The van der Waals surface area contributed by atoms with E-state index in [1.165, 1.54) is 6.07 Å². The molecule has 96 valence electrons. The number of thiophene rings is 1. The van der Waals surface area contributed by atoms with Crippen LogP contribution in [-0.2, 0) is 0 Å². The summed E-state index contributed by atoms with van der Waals surface area (Å²) >= 11 is 12.7. The molecule has 0 aliphatic heterocycles. The van der Waals surface area contributed by atoms with Crippen molar-refractivity contribution in [2.75, 3.05) is 13.2 Å². The summed E-state index contributed by atoms with van der Waals surface area (Å²) in [6.45, 7) is 1.07. The van der Waals surface area contributed by atoms with Crippen LogP contribution in [0, 0.1) is 0 Å². The summed E-state index contributed by atoms with van der Waals surface area (Å²) in [6.07, 6.45) is 0.404. The van der Waals surface area contributed by atoms with Crippen LogP contribution < -0.4 is 5.32 Å². The van der Waals surface area contributed by atoms with Crippen LogP contribution in [0.4, 0.5) is 0 Å². The zero-order chi connectivity index (χ0) is 13.1. The summed E-state index contributed by atoms with van der Waals surface area (Å²) in [7, 11) is 0. The number of carbonyl (C=O) groups excluding carboxylic acids is 1. The van der Waals surface area contributed by atoms with Crippen LogP contribution in [0.2, 0.25) is 8.67 Å². The Hall–Kier alpha value is -0.330. The van der Waals surface area contributed by atoms with Gasteiger partial charge in [0.25, 0.3) is 5.91 Å². The van der Waals surface area contributed by atoms with Gasteiger partial charge < -0.3 is 15.5 Å². The van der Waals surface area contributed by atoms with Gasteiger partial charge >= 0.3 is 0 Å². The molecule has 17 heavy (non-hydrogen) atoms. The number of carbonyl (C=O) groups is 1. The van der Waals surface area contributed by atoms with Gasteiger partial charge in [-0.2, -0.15) is 0 Å². The minimum Gasteiger partial charge on any atom is -0.394 e. The molecule has 1 amide bonds. The second-order valence-corrected chi connectivity index (χ2v) is 5.93. The van der Waals surface area contributed by atoms with E-state index in [0.717, 1.165) is 11.3 Å². The molecule has 0 fully saturated rings. The first-order valence-corrected chi connectivity index (χ1v) is 6.54. The van der Waals surface area contributed by atoms with Gasteiger partial charge in [0, 0.05) is 0 Å². The van der Waals surface area contributed by atoms with Crippen LogP contribution in [0.3, 0.4) is 0 Å². The van der Waals surface area contributed by atoms with Gasteiger partial charge in [-0.25, -0.2) is 0 Å². The molecule has 0 aromatic carbocycles. The molecule has 1 aromatic heterocycles. The number of nitrogens with one attached hydrogen (secondary N) is 1. The van der Waals surface area contributed by atoms with E-state index < -0.39 is 11.4 Å². The smallest absolute Gasteiger partial charge is 0.254 e. The quantitative estimate of drug-likeness (QED) is 0.778. The van der Waals surface area contributed by atoms with Gasteiger partial charge in [-0.05, 0) is 12.5 Å². The van der Waals surface area contributed by atoms with E-state index in [1.54, 1.807) is 6.92 Å². The third kappa shape index (κ3) is 3.33. The highest BCUT2D eigenvalue weighted by Crippen LogP contribution is 2.31. The molecule has 4 nitrogen and oxygen atoms in total. The molecule has 1 aromatic rings. The standard InChI is InChI=1S/C10H13Cl2NO3S/c1-2-10(4-14,5-15)13-9(16)6-3-7(11)17-8(6)12/h3,14-15H,2,4-5H2,1H3,(H,13,16). The lowest BCUT2D eigenvalue weighted by Gasteiger charge is -2.29. The van der Waals surface area contributed by atoms with Crippen molar-refractivity contribution in [2.45, 2.75) is 18.9 Å². The summed E-state index contributed by atoms with van der Waals surface area (Å²) in [5.41, 5.74) is -0.782. The van der Waals surface area contributed by atoms with Gasteiger partial charge in [-0.3, -0.25) is 4.79 Å². The van der Waals surface area contributed by atoms with Crippen molar-refractivity contribution in [3.8, 4) is 0 Å². The Balaban J connectivity index is 2.88. The molecule has 0 bridgehead atoms. The van der Waals surface area contributed by atoms with E-state index in [1.807, 2.05) is 0 Å². The monoisotopic (exact) mass is 297 g/mol. The highest BCUT2D eigenvalue weighted by atomic mass is 35.5. The molecule has 0 aliphatic carbocycles. The molecule has 0 saturated heterocycles. The number of hydrogen-bond donors (Lipinski definition) is 3. The molecule has 0 unspecified atom stereocenters. The van der Waals surface area contributed by atoms with Crippen LogP contribution in [0.5, 0.6) is 0 Å². The molecule has 3 N–H and O–H groups in total. The van der Waals surface area contributed by atoms with E-state index in [9.17, 15) is 15.0 Å². The van der Waals surface area contributed by atoms with Gasteiger partial charge in [0.2, 0.25) is 0 Å². The molecule has 0 atom stereocenters. The third-order valence-corrected chi connectivity index (χ3v) is 4.05. The van der Waals surface area contributed by atoms with Crippen LogP contribution in [0.15, 0.2) is 6.07 Å². The molecule has 1 heterocycles. The van der Waals surface area contributed by atoms with Crippen molar-refractivity contribution in [1.29, 1.82) is 0 Å². The van der Waals surface area contributed by atoms with E-state index in [2.05, 4.69) is 5.32 Å². The normalized spacial score (nSPS) is 11.6. The van der Waals surface area contributed by atoms with E-state index in [-0.39, 0.29) is 23.1 Å². The molecule has 0 radical (unpaired) electrons. The number of halogens is 2. The maximum Gasteiger partial charge on any atom is 0.254 e. The summed E-state index contributed by atoms with van der Waals surface area (Å²) in [4.78, 5) is 11.9. The minimum atomic E-state index is -1.03. The van der Waals surface area contributed by atoms with Gasteiger partial charge in [0.1, 0.15) is 4.34 Å². The maximum absolute atomic E-state index is 11.9. The number of aliphatic hydroxyl groups excluding tert-OH is 2. The van der Waals surface area contributed by atoms with Crippen LogP contribution in [0.25, 0.3) is 0 Å². The molecule has 0 aliphatic rings. The first-order valence-electron chi connectivity index (χ1n) is 4.97. The maximum atomic E-state index is 11.9. The topological polar surface area (TPSA) is 69.6 Å². The number of hydrogen-bond acceptors (Lipinski definition) is 4. The van der Waals surface area contributed by atoms with Crippen molar-refractivity contribution in [3.63, 3.8) is 0 Å². The average molecular weight is 298 g/mol. The molecule has 7 heteroatoms. The first kappa shape index (κ1) is 14.7. The van der Waals surface area contributed by atoms with Crippen LogP contribution in [-0.4, -0.2) is 34.9 Å². The number of amides is 1. The molecular formula is C10H13Cl2NO3S. The first-order chi connectivity index (χ1) is 7.98. The van der Waals surface area contributed by atoms with Crippen molar-refractivity contribution < 1.29 is 15.0 Å². The summed E-state index contributed by atoms with van der Waals surface area (Å²) < 4.78 is 0.698. The van der Waals surface area contributed by atoms with Crippen molar-refractivity contribution in [3.05, 3.63) is 20.3 Å². The van der Waals surface area contributed by atoms with Crippen LogP contribution in [0.1, 0.15) is 23.7 Å². The predicted molar refractivity (Wildman–Crippen MR) is 69.0 cm³/mol. The average Bonchev–Trinajstić information content (AvgIpc) is 2.65. The fourth-order valence-corrected chi connectivity index (χ4v) is 2.70. The highest BCUT2D eigenvalue weighted by Gasteiger charge is 2.30. The third-order valence-electron chi connectivity index (χ3n) is 2.56. The van der Waals surface area contributed by atoms with Crippen molar-refractivity contribution in [2.24, 2.45) is 0 Å². The zero-order valence-electron chi connectivity index (χ0n) is 9.17. The van der Waals surface area contributed by atoms with Crippen molar-refractivity contribution >= 4 is 40.4 Å². The number of rotatable bonds is 5. The Kier molecular flexibility index (Phi) is 5.22. The van der Waals surface area contributed by atoms with Gasteiger partial charge in [-0.1, -0.05) is 30.1 Å². The van der Waals surface area contributed by atoms with Gasteiger partial charge in [0.05, 0.1) is 28.7 Å². The highest BCUT2D eigenvalue weighted by molar-refractivity contribution is 7.20. The minimum absolute atomic E-state index is 0.251. The lowest BCUT2D eigenvalue weighted by atomic mass is 9.98. The number of aliphatic hydroxyl groups is 2. The lowest BCUT2D eigenvalue weighted by molar-refractivity contribution is 0.0653. The predicted octanol–water partition coefficient (Wildman–Crippen LogP) is 1.92. The SMILES string of the molecule is CCC(CO)(CO)NC(=O)c1cc(Cl)sc1Cl. The Morgan fingerprint density at radius 1 is 1.47 bits per heavy atom. The Bertz CT molecular complexity index is 396. The summed E-state index contributed by atoms with van der Waals surface area (Å²) in [6, 6.07) is 1.46. The van der Waals surface area contributed by atoms with Gasteiger partial charge in [0.15, 0.2) is 0 Å². The zero-order valence-corrected chi connectivity index (χ0v) is 11.5. The van der Waals surface area contributed by atoms with E-state index >= 15 is 0 Å². The van der Waals surface area contributed by atoms with E-state index in [0.29, 0.717) is 10.8 Å². The molecular weight excluding hydrogens is 285 g/mol. The van der Waals surface area contributed by atoms with E-state index in [4.69, 9.17) is 23.2 Å². The van der Waals surface area contributed by atoms with Crippen LogP contribution >= 0.6 is 34.5 Å². The fraction of sp³-hybridized carbons (Fsp3) is 0.500. The lowest BCUT2D eigenvalue weighted by Crippen LogP contribution is -2.53. The Morgan fingerprint density at radius 3 is 2.41 bits per heavy atom. The largest absolute Gasteiger partial charge is 0.394 e. The summed E-state index contributed by atoms with van der Waals surface area (Å²) in [5.74, 6) is -0.455. The molecule has 0 spiro atoms. The fourth-order valence-electron chi connectivity index (χ4n) is 1.24. The Morgan fingerprint density at radius 2 is 2.06 bits per heavy atom. The summed E-state index contributed by atoms with van der Waals surface area (Å²) in [5, 5.41) is 21.0. The Labute approximate surface area is 113 Å². The molecule has 1 rings (SSSR count). The second kappa shape index (κ2) is 6.02. The van der Waals surface area contributed by atoms with Crippen molar-refractivity contribution in [1.82, 2.24) is 5.32 Å².